The first-order chi connectivity index (χ1) is 16.0. The lowest BCUT2D eigenvalue weighted by molar-refractivity contribution is -0.296. The van der Waals surface area contributed by atoms with Gasteiger partial charge in [-0.25, -0.2) is 0 Å². The second-order valence-corrected chi connectivity index (χ2v) is 11.9. The monoisotopic (exact) mass is 558 g/mol. The van der Waals surface area contributed by atoms with Gasteiger partial charge in [0.1, 0.15) is 36.6 Å². The minimum absolute atomic E-state index is 0.795. The van der Waals surface area contributed by atoms with Gasteiger partial charge in [0.2, 0.25) is 5.91 Å². The van der Waals surface area contributed by atoms with Crippen molar-refractivity contribution in [1.29, 1.82) is 0 Å². The number of nitrogens with one attached hydrogen (secondary N) is 1. The van der Waals surface area contributed by atoms with Crippen molar-refractivity contribution >= 4 is 21.1 Å². The number of aliphatic hydroxyl groups excluding tert-OH is 7. The van der Waals surface area contributed by atoms with Crippen LogP contribution in [-0.2, 0) is 23.4 Å². The van der Waals surface area contributed by atoms with E-state index in [4.69, 9.17) is 34.8 Å². The summed E-state index contributed by atoms with van der Waals surface area (Å²) in [5.41, 5.74) is 5.71. The lowest BCUT2D eigenvalue weighted by atomic mass is 9.97. The molecule has 1 heterocycles. The number of hydrogen-bond donors (Lipinski definition) is 13. The molecule has 0 aromatic rings. The van der Waals surface area contributed by atoms with Crippen LogP contribution in [-0.4, -0.2) is 141 Å². The highest BCUT2D eigenvalue weighted by Gasteiger charge is 2.47. The lowest BCUT2D eigenvalue weighted by Gasteiger charge is -2.43. The zero-order valence-corrected chi connectivity index (χ0v) is 19.8. The van der Waals surface area contributed by atoms with Crippen molar-refractivity contribution in [1.82, 2.24) is 5.32 Å². The first kappa shape index (κ1) is 32.4. The van der Waals surface area contributed by atoms with E-state index in [1.54, 1.807) is 0 Å². The maximum Gasteiger partial charge on any atom is 0.341 e. The largest absolute Gasteiger partial charge is 0.394 e. The van der Waals surface area contributed by atoms with Gasteiger partial charge < -0.3 is 75.8 Å². The highest BCUT2D eigenvalue weighted by atomic mass is 31.2. The SMILES string of the molecule is NC1[C@H](O[C@H](C(O)CO)[C@@H](O)C(CO)NC(=O)CC(P(=O)(O)O)P(=O)(O)O)OC(CO)[C@@H](O)[C@H]1O. The predicted molar refractivity (Wildman–Crippen MR) is 111 cm³/mol. The average molecular weight is 558 g/mol. The van der Waals surface area contributed by atoms with Crippen LogP contribution in [0.5, 0.6) is 0 Å². The van der Waals surface area contributed by atoms with Gasteiger partial charge >= 0.3 is 15.2 Å². The molecule has 208 valence electrons. The molecule has 20 heteroatoms. The van der Waals surface area contributed by atoms with Gasteiger partial charge in [0.15, 0.2) is 11.7 Å². The van der Waals surface area contributed by atoms with Crippen LogP contribution in [0.15, 0.2) is 0 Å². The maximum absolute atomic E-state index is 12.2. The van der Waals surface area contributed by atoms with Gasteiger partial charge in [-0.2, -0.15) is 0 Å². The Bertz CT molecular complexity index is 754. The molecule has 35 heavy (non-hydrogen) atoms. The Morgan fingerprint density at radius 3 is 1.97 bits per heavy atom. The Kier molecular flexibility index (Phi) is 12.3. The highest BCUT2D eigenvalue weighted by Crippen LogP contribution is 2.61. The van der Waals surface area contributed by atoms with Crippen molar-refractivity contribution in [3.8, 4) is 0 Å². The quantitative estimate of drug-likeness (QED) is 0.0934. The molecule has 0 aromatic carbocycles. The molecule has 0 radical (unpaired) electrons. The molecule has 1 aliphatic rings. The zero-order chi connectivity index (χ0) is 27.3. The van der Waals surface area contributed by atoms with Crippen molar-refractivity contribution in [3.63, 3.8) is 0 Å². The van der Waals surface area contributed by atoms with E-state index in [2.05, 4.69) is 0 Å². The van der Waals surface area contributed by atoms with Gasteiger partial charge in [0, 0.05) is 0 Å². The molecule has 1 amide bonds. The third kappa shape index (κ3) is 8.72. The minimum Gasteiger partial charge on any atom is -0.394 e. The molecule has 0 saturated carbocycles. The van der Waals surface area contributed by atoms with Crippen LogP contribution in [0, 0.1) is 0 Å². The van der Waals surface area contributed by atoms with Gasteiger partial charge in [0.25, 0.3) is 0 Å². The smallest absolute Gasteiger partial charge is 0.341 e. The van der Waals surface area contributed by atoms with Gasteiger partial charge in [-0.3, -0.25) is 13.9 Å². The second-order valence-electron chi connectivity index (χ2n) is 7.84. The average Bonchev–Trinajstić information content (AvgIpc) is 2.76. The van der Waals surface area contributed by atoms with Crippen LogP contribution in [0.25, 0.3) is 0 Å². The van der Waals surface area contributed by atoms with E-state index in [0.717, 1.165) is 0 Å². The van der Waals surface area contributed by atoms with Crippen LogP contribution < -0.4 is 11.1 Å². The number of carbonyl (C=O) groups excluding carboxylic acids is 1. The van der Waals surface area contributed by atoms with Crippen LogP contribution in [0.2, 0.25) is 0 Å². The third-order valence-electron chi connectivity index (χ3n) is 5.22. The first-order valence-electron chi connectivity index (χ1n) is 10.0. The molecule has 0 aromatic heterocycles. The predicted octanol–water partition coefficient (Wildman–Crippen LogP) is -6.60. The molecule has 0 spiro atoms. The van der Waals surface area contributed by atoms with Crippen molar-refractivity contribution in [2.24, 2.45) is 5.73 Å². The Labute approximate surface area is 198 Å². The van der Waals surface area contributed by atoms with Gasteiger partial charge in [-0.05, 0) is 0 Å². The molecule has 1 fully saturated rings. The lowest BCUT2D eigenvalue weighted by Crippen LogP contribution is -2.65. The van der Waals surface area contributed by atoms with E-state index in [1.165, 1.54) is 0 Å². The van der Waals surface area contributed by atoms with Crippen LogP contribution >= 0.6 is 15.2 Å². The Hall–Kier alpha value is -0.630. The fraction of sp³-hybridized carbons (Fsp3) is 0.933. The molecular formula is C15H32N2O16P2. The Morgan fingerprint density at radius 2 is 1.54 bits per heavy atom. The van der Waals surface area contributed by atoms with Crippen LogP contribution in [0.1, 0.15) is 6.42 Å². The van der Waals surface area contributed by atoms with E-state index >= 15 is 0 Å². The summed E-state index contributed by atoms with van der Waals surface area (Å²) in [7, 11) is -10.9. The van der Waals surface area contributed by atoms with Crippen molar-refractivity contribution in [2.75, 3.05) is 19.8 Å². The molecule has 9 atom stereocenters. The fourth-order valence-corrected chi connectivity index (χ4v) is 5.59. The van der Waals surface area contributed by atoms with E-state index in [-0.39, 0.29) is 0 Å². The number of hydrogen-bond acceptors (Lipinski definition) is 13. The van der Waals surface area contributed by atoms with E-state index in [1.807, 2.05) is 5.32 Å². The molecule has 1 aliphatic heterocycles. The number of rotatable bonds is 13. The third-order valence-corrected chi connectivity index (χ3v) is 8.95. The van der Waals surface area contributed by atoms with E-state index in [0.29, 0.717) is 0 Å². The number of carbonyl (C=O) groups is 1. The van der Waals surface area contributed by atoms with Gasteiger partial charge in [-0.1, -0.05) is 0 Å². The Balaban J connectivity index is 3.06. The molecule has 1 rings (SSSR count). The standard InChI is InChI=1S/C15H32N2O16P2/c16-10-13(25)12(24)7(4-20)32-15(10)33-14(6(21)3-19)11(23)5(2-18)17-8(22)1-9(34(26,27)28)35(29,30)31/h5-7,9-15,18-21,23-25H,1-4,16H2,(H,17,22)(H2,26,27,28)(H2,29,30,31)/t5?,6?,7?,10?,11-,12+,13-,14+,15-/m0/s1. The number of aliphatic hydroxyl groups is 7. The van der Waals surface area contributed by atoms with Crippen LogP contribution in [0.3, 0.4) is 0 Å². The Morgan fingerprint density at radius 1 is 1.00 bits per heavy atom. The summed E-state index contributed by atoms with van der Waals surface area (Å²) in [5.74, 6) is -1.42. The van der Waals surface area contributed by atoms with Crippen molar-refractivity contribution < 1.29 is 78.7 Å². The minimum atomic E-state index is -5.46. The first-order valence-corrected chi connectivity index (χ1v) is 13.4. The van der Waals surface area contributed by atoms with Gasteiger partial charge in [0.05, 0.1) is 38.3 Å². The maximum atomic E-state index is 12.2. The topological polar surface area (TPSA) is 330 Å². The summed E-state index contributed by atoms with van der Waals surface area (Å²) in [6, 6.07) is -3.28. The molecule has 4 unspecified atom stereocenters. The number of ether oxygens (including phenoxy) is 2. The van der Waals surface area contributed by atoms with Crippen LogP contribution in [0.4, 0.5) is 0 Å². The summed E-state index contributed by atoms with van der Waals surface area (Å²) in [6.07, 6.45) is -13.8. The van der Waals surface area contributed by atoms with Crippen molar-refractivity contribution in [2.45, 2.75) is 66.8 Å². The van der Waals surface area contributed by atoms with E-state index < -0.39 is 108 Å². The molecule has 0 aliphatic carbocycles. The molecule has 14 N–H and O–H groups in total. The number of nitrogens with two attached hydrogens (primary N) is 1. The summed E-state index contributed by atoms with van der Waals surface area (Å²) in [4.78, 5) is 48.7. The fourth-order valence-electron chi connectivity index (χ4n) is 3.22. The van der Waals surface area contributed by atoms with E-state index in [9.17, 15) is 49.7 Å². The molecule has 18 nitrogen and oxygen atoms in total. The molecule has 1 saturated heterocycles. The summed E-state index contributed by atoms with van der Waals surface area (Å²) in [6.45, 7) is -2.95. The normalized spacial score (nSPS) is 29.5. The summed E-state index contributed by atoms with van der Waals surface area (Å²) >= 11 is 0. The summed E-state index contributed by atoms with van der Waals surface area (Å²) < 4.78 is 33.2. The zero-order valence-electron chi connectivity index (χ0n) is 18.0. The van der Waals surface area contributed by atoms with Gasteiger partial charge in [-0.15, -0.1) is 0 Å². The molecular weight excluding hydrogens is 526 g/mol. The number of amides is 1. The molecule has 0 bridgehead atoms. The summed E-state index contributed by atoms with van der Waals surface area (Å²) in [5, 5.41) is 67.9. The second kappa shape index (κ2) is 13.3. The highest BCUT2D eigenvalue weighted by molar-refractivity contribution is 7.70. The van der Waals surface area contributed by atoms with Crippen molar-refractivity contribution in [3.05, 3.63) is 0 Å².